The van der Waals surface area contributed by atoms with Crippen molar-refractivity contribution >= 4 is 10.0 Å². The largest absolute Gasteiger partial charge is 0.490 e. The van der Waals surface area contributed by atoms with Crippen LogP contribution >= 0.6 is 0 Å². The summed E-state index contributed by atoms with van der Waals surface area (Å²) in [6.45, 7) is 2.19. The molecule has 6 nitrogen and oxygen atoms in total. The topological polar surface area (TPSA) is 65.1 Å². The fourth-order valence-electron chi connectivity index (χ4n) is 2.82. The Kier molecular flexibility index (Phi) is 5.08. The number of sulfonamides is 1. The predicted molar refractivity (Wildman–Crippen MR) is 85.5 cm³/mol. The lowest BCUT2D eigenvalue weighted by molar-refractivity contribution is 0.00858. The number of fused-ring (bicyclic) bond motifs is 1. The Labute approximate surface area is 137 Å². The first-order chi connectivity index (χ1) is 11.1. The third-order valence-corrected chi connectivity index (χ3v) is 5.98. The molecule has 1 saturated heterocycles. The van der Waals surface area contributed by atoms with Crippen molar-refractivity contribution < 1.29 is 22.6 Å². The van der Waals surface area contributed by atoms with E-state index >= 15 is 0 Å². The number of rotatable bonds is 4. The second-order valence-corrected chi connectivity index (χ2v) is 7.98. The van der Waals surface area contributed by atoms with E-state index < -0.39 is 10.0 Å². The van der Waals surface area contributed by atoms with Crippen LogP contribution in [-0.2, 0) is 14.8 Å². The highest BCUT2D eigenvalue weighted by atomic mass is 32.2. The molecule has 1 atom stereocenters. The molecule has 0 aliphatic carbocycles. The number of benzene rings is 1. The molecule has 0 aromatic heterocycles. The molecule has 0 spiro atoms. The molecular weight excluding hydrogens is 318 g/mol. The van der Waals surface area contributed by atoms with Crippen LogP contribution in [0.1, 0.15) is 25.7 Å². The molecule has 7 heteroatoms. The predicted octanol–water partition coefficient (Wildman–Crippen LogP) is 2.04. The van der Waals surface area contributed by atoms with Gasteiger partial charge < -0.3 is 14.2 Å². The van der Waals surface area contributed by atoms with Gasteiger partial charge in [0.05, 0.1) is 24.2 Å². The maximum Gasteiger partial charge on any atom is 0.243 e. The van der Waals surface area contributed by atoms with E-state index in [-0.39, 0.29) is 11.0 Å². The molecule has 2 heterocycles. The van der Waals surface area contributed by atoms with Crippen LogP contribution in [0.4, 0.5) is 0 Å². The van der Waals surface area contributed by atoms with E-state index in [9.17, 15) is 8.42 Å². The minimum absolute atomic E-state index is 0.0241. The average molecular weight is 341 g/mol. The standard InChI is InChI=1S/C16H23NO5S/c1-17(12-13-5-2-3-8-20-13)23(18,19)14-6-7-15-16(11-14)22-10-4-9-21-15/h6-7,11,13H,2-5,8-10,12H2,1H3/t13-/m0/s1. The van der Waals surface area contributed by atoms with E-state index in [1.807, 2.05) is 0 Å². The first kappa shape index (κ1) is 16.5. The summed E-state index contributed by atoms with van der Waals surface area (Å²) < 4.78 is 43.6. The smallest absolute Gasteiger partial charge is 0.243 e. The lowest BCUT2D eigenvalue weighted by Gasteiger charge is -2.27. The Hall–Kier alpha value is -1.31. The fraction of sp³-hybridized carbons (Fsp3) is 0.625. The number of nitrogens with zero attached hydrogens (tertiary/aromatic N) is 1. The molecule has 1 aromatic carbocycles. The third-order valence-electron chi connectivity index (χ3n) is 4.16. The van der Waals surface area contributed by atoms with E-state index in [0.29, 0.717) is 37.9 Å². The molecule has 128 valence electrons. The van der Waals surface area contributed by atoms with Gasteiger partial charge in [-0.3, -0.25) is 0 Å². The van der Waals surface area contributed by atoms with E-state index in [4.69, 9.17) is 14.2 Å². The van der Waals surface area contributed by atoms with Gasteiger partial charge in [-0.1, -0.05) is 0 Å². The Morgan fingerprint density at radius 1 is 1.09 bits per heavy atom. The summed E-state index contributed by atoms with van der Waals surface area (Å²) in [4.78, 5) is 0.222. The van der Waals surface area contributed by atoms with Crippen LogP contribution in [0.15, 0.2) is 23.1 Å². The molecule has 2 aliphatic heterocycles. The number of likely N-dealkylation sites (N-methyl/N-ethyl adjacent to an activating group) is 1. The summed E-state index contributed by atoms with van der Waals surface area (Å²) in [7, 11) is -1.97. The molecular formula is C16H23NO5S. The highest BCUT2D eigenvalue weighted by Gasteiger charge is 2.26. The summed E-state index contributed by atoms with van der Waals surface area (Å²) in [5, 5.41) is 0. The lowest BCUT2D eigenvalue weighted by Crippen LogP contribution is -2.37. The van der Waals surface area contributed by atoms with Gasteiger partial charge in [-0.2, -0.15) is 4.31 Å². The Balaban J connectivity index is 1.77. The zero-order chi connectivity index (χ0) is 16.3. The molecule has 1 fully saturated rings. The zero-order valence-electron chi connectivity index (χ0n) is 13.4. The van der Waals surface area contributed by atoms with Crippen molar-refractivity contribution in [3.05, 3.63) is 18.2 Å². The highest BCUT2D eigenvalue weighted by molar-refractivity contribution is 7.89. The fourth-order valence-corrected chi connectivity index (χ4v) is 4.04. The second-order valence-electron chi connectivity index (χ2n) is 5.93. The number of ether oxygens (including phenoxy) is 3. The van der Waals surface area contributed by atoms with Crippen LogP contribution in [0.25, 0.3) is 0 Å². The van der Waals surface area contributed by atoms with Gasteiger partial charge in [-0.15, -0.1) is 0 Å². The van der Waals surface area contributed by atoms with E-state index in [1.165, 1.54) is 4.31 Å². The normalized spacial score (nSPS) is 21.9. The number of hydrogen-bond donors (Lipinski definition) is 0. The molecule has 1 aromatic rings. The Morgan fingerprint density at radius 2 is 1.87 bits per heavy atom. The summed E-state index contributed by atoms with van der Waals surface area (Å²) in [6.07, 6.45) is 3.80. The quantitative estimate of drug-likeness (QED) is 0.838. The summed E-state index contributed by atoms with van der Waals surface area (Å²) >= 11 is 0. The van der Waals surface area contributed by atoms with Gasteiger partial charge in [0.2, 0.25) is 10.0 Å². The van der Waals surface area contributed by atoms with Crippen LogP contribution in [0.5, 0.6) is 11.5 Å². The molecule has 2 aliphatic rings. The lowest BCUT2D eigenvalue weighted by atomic mass is 10.1. The van der Waals surface area contributed by atoms with Gasteiger partial charge in [-0.05, 0) is 31.4 Å². The van der Waals surface area contributed by atoms with Gasteiger partial charge in [-0.25, -0.2) is 8.42 Å². The van der Waals surface area contributed by atoms with Crippen LogP contribution < -0.4 is 9.47 Å². The Morgan fingerprint density at radius 3 is 2.61 bits per heavy atom. The van der Waals surface area contributed by atoms with Crippen molar-refractivity contribution in [2.24, 2.45) is 0 Å². The van der Waals surface area contributed by atoms with Crippen LogP contribution in [0, 0.1) is 0 Å². The van der Waals surface area contributed by atoms with Gasteiger partial charge in [0, 0.05) is 32.7 Å². The van der Waals surface area contributed by atoms with Gasteiger partial charge in [0.1, 0.15) is 0 Å². The molecule has 23 heavy (non-hydrogen) atoms. The summed E-state index contributed by atoms with van der Waals surface area (Å²) in [5.41, 5.74) is 0. The van der Waals surface area contributed by atoms with Crippen molar-refractivity contribution in [1.82, 2.24) is 4.31 Å². The average Bonchev–Trinajstić information content (AvgIpc) is 2.80. The van der Waals surface area contributed by atoms with Crippen molar-refractivity contribution in [3.63, 3.8) is 0 Å². The maximum absolute atomic E-state index is 12.8. The molecule has 3 rings (SSSR count). The zero-order valence-corrected chi connectivity index (χ0v) is 14.2. The molecule has 0 amide bonds. The van der Waals surface area contributed by atoms with Crippen molar-refractivity contribution in [3.8, 4) is 11.5 Å². The maximum atomic E-state index is 12.8. The van der Waals surface area contributed by atoms with E-state index in [0.717, 1.165) is 25.7 Å². The summed E-state index contributed by atoms with van der Waals surface area (Å²) in [6, 6.07) is 4.79. The van der Waals surface area contributed by atoms with E-state index in [1.54, 1.807) is 25.2 Å². The molecule has 0 bridgehead atoms. The minimum Gasteiger partial charge on any atom is -0.490 e. The number of hydrogen-bond acceptors (Lipinski definition) is 5. The van der Waals surface area contributed by atoms with Crippen molar-refractivity contribution in [1.29, 1.82) is 0 Å². The van der Waals surface area contributed by atoms with Gasteiger partial charge >= 0.3 is 0 Å². The minimum atomic E-state index is -3.57. The third kappa shape index (κ3) is 3.79. The van der Waals surface area contributed by atoms with E-state index in [2.05, 4.69) is 0 Å². The molecule has 0 unspecified atom stereocenters. The van der Waals surface area contributed by atoms with Gasteiger partial charge in [0.15, 0.2) is 11.5 Å². The first-order valence-corrected chi connectivity index (χ1v) is 9.49. The molecule has 0 saturated carbocycles. The molecule has 0 N–H and O–H groups in total. The summed E-state index contributed by atoms with van der Waals surface area (Å²) in [5.74, 6) is 1.09. The van der Waals surface area contributed by atoms with Crippen LogP contribution in [-0.4, -0.2) is 52.2 Å². The Bertz CT molecular complexity index is 640. The van der Waals surface area contributed by atoms with Crippen molar-refractivity contribution in [2.45, 2.75) is 36.7 Å². The molecule has 0 radical (unpaired) electrons. The van der Waals surface area contributed by atoms with Crippen LogP contribution in [0.2, 0.25) is 0 Å². The van der Waals surface area contributed by atoms with Gasteiger partial charge in [0.25, 0.3) is 0 Å². The van der Waals surface area contributed by atoms with Crippen LogP contribution in [0.3, 0.4) is 0 Å². The second kappa shape index (κ2) is 7.07. The SMILES string of the molecule is CN(C[C@@H]1CCCCO1)S(=O)(=O)c1ccc2c(c1)OCCCO2. The first-order valence-electron chi connectivity index (χ1n) is 8.05. The monoisotopic (exact) mass is 341 g/mol. The highest BCUT2D eigenvalue weighted by Crippen LogP contribution is 2.32. The van der Waals surface area contributed by atoms with Crippen molar-refractivity contribution in [2.75, 3.05) is 33.4 Å².